The fraction of sp³-hybridized carbons (Fsp3) is 0.269. The number of aromatic nitrogens is 1. The van der Waals surface area contributed by atoms with Crippen molar-refractivity contribution in [3.8, 4) is 11.5 Å². The molecule has 3 atom stereocenters. The van der Waals surface area contributed by atoms with Crippen LogP contribution >= 0.6 is 11.8 Å². The molecule has 2 N–H and O–H groups in total. The number of thioether (sulfide) groups is 1. The van der Waals surface area contributed by atoms with E-state index in [1.807, 2.05) is 60.7 Å². The van der Waals surface area contributed by atoms with Gasteiger partial charge < -0.3 is 20.1 Å². The first-order chi connectivity index (χ1) is 17.2. The van der Waals surface area contributed by atoms with Crippen LogP contribution in [-0.4, -0.2) is 41.4 Å². The Bertz CT molecular complexity index is 1250. The van der Waals surface area contributed by atoms with Crippen molar-refractivity contribution in [2.24, 2.45) is 0 Å². The number of carbonyl (C=O) groups is 2. The summed E-state index contributed by atoms with van der Waals surface area (Å²) < 4.78 is 11.5. The maximum atomic E-state index is 13.3. The second-order valence-electron chi connectivity index (χ2n) is 8.64. The van der Waals surface area contributed by atoms with Gasteiger partial charge in [-0.15, -0.1) is 0 Å². The number of rotatable bonds is 6. The molecule has 8 nitrogen and oxygen atoms in total. The average Bonchev–Trinajstić information content (AvgIpc) is 3.53. The van der Waals surface area contributed by atoms with Crippen molar-refractivity contribution < 1.29 is 19.1 Å². The number of pyridine rings is 1. The van der Waals surface area contributed by atoms with Crippen LogP contribution < -0.4 is 20.3 Å². The predicted octanol–water partition coefficient (Wildman–Crippen LogP) is 4.55. The van der Waals surface area contributed by atoms with Gasteiger partial charge in [0.1, 0.15) is 21.8 Å². The predicted molar refractivity (Wildman–Crippen MR) is 132 cm³/mol. The minimum atomic E-state index is -0.479. The van der Waals surface area contributed by atoms with Crippen LogP contribution in [0.4, 0.5) is 16.2 Å². The second-order valence-corrected chi connectivity index (χ2v) is 9.77. The molecule has 6 rings (SSSR count). The van der Waals surface area contributed by atoms with Crippen LogP contribution in [0.3, 0.4) is 0 Å². The first-order valence-corrected chi connectivity index (χ1v) is 12.5. The summed E-state index contributed by atoms with van der Waals surface area (Å²) in [5, 5.41) is 6.32. The summed E-state index contributed by atoms with van der Waals surface area (Å²) in [6.07, 6.45) is 3.72. The van der Waals surface area contributed by atoms with E-state index in [0.29, 0.717) is 18.0 Å². The van der Waals surface area contributed by atoms with Gasteiger partial charge in [0, 0.05) is 24.9 Å². The van der Waals surface area contributed by atoms with Crippen molar-refractivity contribution in [3.05, 3.63) is 72.4 Å². The molecule has 3 amide bonds. The summed E-state index contributed by atoms with van der Waals surface area (Å²) in [5.74, 6) is 1.30. The topological polar surface area (TPSA) is 92.8 Å². The van der Waals surface area contributed by atoms with Gasteiger partial charge in [0.25, 0.3) is 0 Å². The van der Waals surface area contributed by atoms with Crippen molar-refractivity contribution in [1.29, 1.82) is 0 Å². The van der Waals surface area contributed by atoms with E-state index in [2.05, 4.69) is 15.6 Å². The van der Waals surface area contributed by atoms with Gasteiger partial charge in [-0.2, -0.15) is 0 Å². The fourth-order valence-electron chi connectivity index (χ4n) is 4.69. The normalized spacial score (nSPS) is 22.5. The standard InChI is InChI=1S/C26H24N4O4S/c31-24(28-15-19-7-4-14-33-19)23-22-21-20(12-13-27-25(21)35-23)30(26(32)29-22)16-8-10-18(11-9-16)34-17-5-2-1-3-6-17/h1-3,5-6,8-13,19,22-23H,4,7,14-15H2,(H,28,31)(H,29,32). The molecule has 3 aliphatic heterocycles. The third-order valence-corrected chi connectivity index (χ3v) is 7.65. The zero-order chi connectivity index (χ0) is 23.8. The highest BCUT2D eigenvalue weighted by Gasteiger charge is 2.46. The molecule has 3 aromatic rings. The lowest BCUT2D eigenvalue weighted by molar-refractivity contribution is -0.121. The van der Waals surface area contributed by atoms with E-state index < -0.39 is 11.3 Å². The summed E-state index contributed by atoms with van der Waals surface area (Å²) in [5.41, 5.74) is 2.31. The van der Waals surface area contributed by atoms with Gasteiger partial charge in [-0.3, -0.25) is 9.69 Å². The third kappa shape index (κ3) is 4.21. The van der Waals surface area contributed by atoms with Crippen LogP contribution in [0.15, 0.2) is 71.9 Å². The number of nitrogens with zero attached hydrogens (tertiary/aromatic N) is 2. The number of benzene rings is 2. The van der Waals surface area contributed by atoms with E-state index in [0.717, 1.165) is 41.5 Å². The van der Waals surface area contributed by atoms with Crippen LogP contribution in [0, 0.1) is 0 Å². The molecule has 1 fully saturated rings. The smallest absolute Gasteiger partial charge is 0.327 e. The second kappa shape index (κ2) is 9.24. The highest BCUT2D eigenvalue weighted by Crippen LogP contribution is 2.50. The summed E-state index contributed by atoms with van der Waals surface area (Å²) in [6.45, 7) is 1.22. The van der Waals surface area contributed by atoms with E-state index in [4.69, 9.17) is 9.47 Å². The maximum Gasteiger partial charge on any atom is 0.327 e. The Morgan fingerprint density at radius 3 is 2.71 bits per heavy atom. The molecule has 2 aromatic carbocycles. The largest absolute Gasteiger partial charge is 0.457 e. The number of amides is 3. The SMILES string of the molecule is O=C(NCC1CCCO1)C1Sc2nccc3c2C1NC(=O)N3c1ccc(Oc2ccccc2)cc1. The lowest BCUT2D eigenvalue weighted by atomic mass is 10.00. The molecule has 1 aromatic heterocycles. The van der Waals surface area contributed by atoms with E-state index in [-0.39, 0.29) is 18.0 Å². The molecular formula is C26H24N4O4S. The van der Waals surface area contributed by atoms with E-state index in [1.54, 1.807) is 11.1 Å². The fourth-order valence-corrected chi connectivity index (χ4v) is 5.94. The molecule has 4 heterocycles. The highest BCUT2D eigenvalue weighted by atomic mass is 32.2. The molecule has 35 heavy (non-hydrogen) atoms. The number of nitrogens with one attached hydrogen (secondary N) is 2. The molecule has 0 saturated carbocycles. The van der Waals surface area contributed by atoms with Gasteiger partial charge in [0.15, 0.2) is 0 Å². The monoisotopic (exact) mass is 488 g/mol. The minimum Gasteiger partial charge on any atom is -0.457 e. The minimum absolute atomic E-state index is 0.0618. The summed E-state index contributed by atoms with van der Waals surface area (Å²) in [4.78, 5) is 32.4. The zero-order valence-corrected chi connectivity index (χ0v) is 19.7. The lowest BCUT2D eigenvalue weighted by Crippen LogP contribution is -2.49. The van der Waals surface area contributed by atoms with Crippen molar-refractivity contribution >= 4 is 35.1 Å². The molecule has 3 unspecified atom stereocenters. The number of para-hydroxylation sites is 1. The van der Waals surface area contributed by atoms with Crippen LogP contribution in [0.25, 0.3) is 0 Å². The molecule has 0 aliphatic carbocycles. The summed E-state index contributed by atoms with van der Waals surface area (Å²) in [7, 11) is 0. The van der Waals surface area contributed by atoms with Gasteiger partial charge in [-0.05, 0) is 55.3 Å². The maximum absolute atomic E-state index is 13.3. The van der Waals surface area contributed by atoms with Gasteiger partial charge >= 0.3 is 6.03 Å². The Morgan fingerprint density at radius 2 is 1.94 bits per heavy atom. The van der Waals surface area contributed by atoms with Gasteiger partial charge in [-0.25, -0.2) is 9.78 Å². The average molecular weight is 489 g/mol. The lowest BCUT2D eigenvalue weighted by Gasteiger charge is -2.34. The van der Waals surface area contributed by atoms with Crippen molar-refractivity contribution in [3.63, 3.8) is 0 Å². The quantitative estimate of drug-likeness (QED) is 0.529. The van der Waals surface area contributed by atoms with Crippen molar-refractivity contribution in [2.45, 2.75) is 35.3 Å². The van der Waals surface area contributed by atoms with Gasteiger partial charge in [0.05, 0.1) is 23.5 Å². The van der Waals surface area contributed by atoms with Crippen molar-refractivity contribution in [2.75, 3.05) is 18.1 Å². The first-order valence-electron chi connectivity index (χ1n) is 11.7. The van der Waals surface area contributed by atoms with E-state index >= 15 is 0 Å². The highest BCUT2D eigenvalue weighted by molar-refractivity contribution is 8.01. The zero-order valence-electron chi connectivity index (χ0n) is 18.8. The Balaban J connectivity index is 1.22. The first kappa shape index (κ1) is 21.9. The van der Waals surface area contributed by atoms with Crippen molar-refractivity contribution in [1.82, 2.24) is 15.6 Å². The van der Waals surface area contributed by atoms with Crippen LogP contribution in [0.2, 0.25) is 0 Å². The number of hydrogen-bond acceptors (Lipinski definition) is 6. The van der Waals surface area contributed by atoms with Crippen LogP contribution in [0.5, 0.6) is 11.5 Å². The molecule has 9 heteroatoms. The molecular weight excluding hydrogens is 464 g/mol. The third-order valence-electron chi connectivity index (χ3n) is 6.37. The Labute approximate surface area is 207 Å². The number of anilines is 2. The molecule has 0 bridgehead atoms. The Morgan fingerprint density at radius 1 is 1.14 bits per heavy atom. The van der Waals surface area contributed by atoms with Gasteiger partial charge in [0.2, 0.25) is 5.91 Å². The molecule has 1 saturated heterocycles. The Kier molecular flexibility index (Phi) is 5.79. The molecule has 3 aliphatic rings. The molecule has 0 radical (unpaired) electrons. The summed E-state index contributed by atoms with van der Waals surface area (Å²) >= 11 is 1.39. The van der Waals surface area contributed by atoms with E-state index in [1.165, 1.54) is 11.8 Å². The van der Waals surface area contributed by atoms with Gasteiger partial charge in [-0.1, -0.05) is 30.0 Å². The molecule has 0 spiro atoms. The summed E-state index contributed by atoms with van der Waals surface area (Å²) in [6, 6.07) is 18.0. The molecule has 178 valence electrons. The van der Waals surface area contributed by atoms with E-state index in [9.17, 15) is 9.59 Å². The number of ether oxygens (including phenoxy) is 2. The number of hydrogen-bond donors (Lipinski definition) is 2. The number of carbonyl (C=O) groups excluding carboxylic acids is 2. The van der Waals surface area contributed by atoms with Crippen LogP contribution in [-0.2, 0) is 9.53 Å². The van der Waals surface area contributed by atoms with Crippen LogP contribution in [0.1, 0.15) is 24.4 Å². The number of urea groups is 1. The Hall–Kier alpha value is -3.56.